The number of amides is 6. The molecule has 0 radical (unpaired) electrons. The summed E-state index contributed by atoms with van der Waals surface area (Å²) in [5.74, 6) is -3.44. The quantitative estimate of drug-likeness (QED) is 0.0369. The number of hydrogen-bond donors (Lipinski definition) is 8. The fraction of sp³-hybridized carbons (Fsp3) is 0.618. The molecule has 5 atom stereocenters. The maximum Gasteiger partial charge on any atom is 0.245 e. The van der Waals surface area contributed by atoms with Gasteiger partial charge in [0.25, 0.3) is 0 Å². The molecule has 0 spiro atoms. The van der Waals surface area contributed by atoms with Gasteiger partial charge in [-0.2, -0.15) is 0 Å². The first kappa shape index (κ1) is 42.4. The second kappa shape index (κ2) is 22.1. The zero-order chi connectivity index (χ0) is 37.9. The number of likely N-dealkylation sites (N-methyl/N-ethyl adjacent to an activating group) is 1. The molecule has 17 heteroatoms. The summed E-state index contributed by atoms with van der Waals surface area (Å²) in [5, 5.41) is 7.96. The highest BCUT2D eigenvalue weighted by atomic mass is 16.2. The normalized spacial score (nSPS) is 16.2. The number of guanidine groups is 1. The van der Waals surface area contributed by atoms with Crippen LogP contribution in [0.3, 0.4) is 0 Å². The van der Waals surface area contributed by atoms with Crippen molar-refractivity contribution in [3.05, 3.63) is 35.9 Å². The number of carbonyl (C=O) groups is 6. The molecule has 2 rings (SSSR count). The summed E-state index contributed by atoms with van der Waals surface area (Å²) < 4.78 is 0. The highest BCUT2D eigenvalue weighted by Gasteiger charge is 2.40. The number of carbonyl (C=O) groups excluding carboxylic acids is 6. The third-order valence-corrected chi connectivity index (χ3v) is 8.73. The number of benzene rings is 1. The predicted molar refractivity (Wildman–Crippen MR) is 193 cm³/mol. The molecule has 13 N–H and O–H groups in total. The number of primary amides is 1. The SMILES string of the molecule is CCCC[C@@H](C(=O)N[C@@H](CCCN)C(=O)N1CCC[C@H]1C(=O)N[C@@H](CCCN=C(N)N)C(=O)NCC(N)=O)N(C)C(=O)[C@@H](N)Cc1ccccc1. The van der Waals surface area contributed by atoms with Crippen molar-refractivity contribution < 1.29 is 28.8 Å². The number of rotatable bonds is 22. The maximum atomic E-state index is 14.0. The third kappa shape index (κ3) is 14.2. The number of hydrogen-bond acceptors (Lipinski definition) is 9. The van der Waals surface area contributed by atoms with E-state index in [1.165, 1.54) is 16.8 Å². The van der Waals surface area contributed by atoms with Gasteiger partial charge in [0.05, 0.1) is 12.6 Å². The second-order valence-electron chi connectivity index (χ2n) is 12.8. The topological polar surface area (TPSA) is 287 Å². The van der Waals surface area contributed by atoms with Gasteiger partial charge in [-0.05, 0) is 63.5 Å². The highest BCUT2D eigenvalue weighted by molar-refractivity contribution is 5.96. The Morgan fingerprint density at radius 3 is 2.25 bits per heavy atom. The molecule has 6 amide bonds. The van der Waals surface area contributed by atoms with Crippen LogP contribution in [-0.2, 0) is 35.2 Å². The van der Waals surface area contributed by atoms with Gasteiger partial charge in [0.1, 0.15) is 24.2 Å². The minimum Gasteiger partial charge on any atom is -0.370 e. The van der Waals surface area contributed by atoms with Crippen LogP contribution < -0.4 is 44.6 Å². The second-order valence-corrected chi connectivity index (χ2v) is 12.8. The molecular weight excluding hydrogens is 658 g/mol. The van der Waals surface area contributed by atoms with Crippen molar-refractivity contribution in [2.45, 2.75) is 101 Å². The number of nitrogens with zero attached hydrogens (tertiary/aromatic N) is 3. The van der Waals surface area contributed by atoms with Crippen molar-refractivity contribution in [3.8, 4) is 0 Å². The van der Waals surface area contributed by atoms with Gasteiger partial charge in [0.2, 0.25) is 35.4 Å². The number of nitrogens with two attached hydrogens (primary N) is 5. The molecule has 17 nitrogen and oxygen atoms in total. The molecule has 0 bridgehead atoms. The van der Waals surface area contributed by atoms with Crippen molar-refractivity contribution in [2.24, 2.45) is 33.7 Å². The van der Waals surface area contributed by atoms with Gasteiger partial charge < -0.3 is 54.4 Å². The van der Waals surface area contributed by atoms with E-state index in [0.717, 1.165) is 12.0 Å². The van der Waals surface area contributed by atoms with Gasteiger partial charge in [-0.1, -0.05) is 50.1 Å². The molecule has 1 fully saturated rings. The first-order valence-corrected chi connectivity index (χ1v) is 17.6. The summed E-state index contributed by atoms with van der Waals surface area (Å²) >= 11 is 0. The first-order valence-electron chi connectivity index (χ1n) is 17.6. The van der Waals surface area contributed by atoms with Crippen molar-refractivity contribution in [3.63, 3.8) is 0 Å². The molecule has 1 saturated heterocycles. The van der Waals surface area contributed by atoms with Crippen LogP contribution >= 0.6 is 0 Å². The van der Waals surface area contributed by atoms with Gasteiger partial charge in [-0.3, -0.25) is 33.8 Å². The Labute approximate surface area is 299 Å². The number of likely N-dealkylation sites (tertiary alicyclic amines) is 1. The van der Waals surface area contributed by atoms with Crippen molar-refractivity contribution in [1.82, 2.24) is 25.8 Å². The Morgan fingerprint density at radius 1 is 0.941 bits per heavy atom. The molecule has 51 heavy (non-hydrogen) atoms. The molecule has 0 aromatic heterocycles. The van der Waals surface area contributed by atoms with Crippen LogP contribution in [0, 0.1) is 0 Å². The van der Waals surface area contributed by atoms with Crippen molar-refractivity contribution in [2.75, 3.05) is 33.2 Å². The Morgan fingerprint density at radius 2 is 1.63 bits per heavy atom. The molecule has 1 aromatic carbocycles. The molecule has 1 aliphatic rings. The summed E-state index contributed by atoms with van der Waals surface area (Å²) in [6, 6.07) is 4.59. The van der Waals surface area contributed by atoms with E-state index in [1.54, 1.807) is 0 Å². The predicted octanol–water partition coefficient (Wildman–Crippen LogP) is -2.07. The lowest BCUT2D eigenvalue weighted by Crippen LogP contribution is -2.59. The van der Waals surface area contributed by atoms with Crippen LogP contribution in [0.2, 0.25) is 0 Å². The molecule has 0 saturated carbocycles. The fourth-order valence-electron chi connectivity index (χ4n) is 5.96. The van der Waals surface area contributed by atoms with Gasteiger partial charge in [0, 0.05) is 20.1 Å². The molecule has 0 aliphatic carbocycles. The number of unbranched alkanes of at least 4 members (excludes halogenated alkanes) is 1. The third-order valence-electron chi connectivity index (χ3n) is 8.73. The zero-order valence-corrected chi connectivity index (χ0v) is 29.9. The van der Waals surface area contributed by atoms with Crippen LogP contribution in [0.25, 0.3) is 0 Å². The van der Waals surface area contributed by atoms with E-state index in [1.807, 2.05) is 37.3 Å². The summed E-state index contributed by atoms with van der Waals surface area (Å²) in [7, 11) is 1.54. The van der Waals surface area contributed by atoms with Crippen molar-refractivity contribution in [1.29, 1.82) is 0 Å². The van der Waals surface area contributed by atoms with Crippen LogP contribution in [0.1, 0.15) is 70.3 Å². The van der Waals surface area contributed by atoms with E-state index in [-0.39, 0.29) is 38.4 Å². The molecule has 0 unspecified atom stereocenters. The monoisotopic (exact) mass is 715 g/mol. The standard InChI is InChI=1S/C34H57N11O6/c1-3-4-15-26(44(2)32(50)23(36)20-22-11-6-5-7-12-22)30(48)43-25(13-8-17-35)33(51)45-19-10-16-27(45)31(49)42-24(14-9-18-40-34(38)39)29(47)41-21-28(37)46/h5-7,11-12,23-27H,3-4,8-10,13-21,35-36H2,1-2H3,(H2,37,46)(H,41,47)(H,42,49)(H,43,48)(H4,38,39,40)/t23-,24-,25-,26-,27-/m0/s1. The minimum absolute atomic E-state index is 0.119. The van der Waals surface area contributed by atoms with Crippen LogP contribution in [-0.4, -0.2) is 115 Å². The van der Waals surface area contributed by atoms with E-state index in [2.05, 4.69) is 20.9 Å². The van der Waals surface area contributed by atoms with Gasteiger partial charge in [0.15, 0.2) is 5.96 Å². The summed E-state index contributed by atoms with van der Waals surface area (Å²) in [5.41, 5.74) is 28.9. The number of aliphatic imine (C=N–C) groups is 1. The zero-order valence-electron chi connectivity index (χ0n) is 29.9. The summed E-state index contributed by atoms with van der Waals surface area (Å²) in [6.07, 6.45) is 4.02. The van der Waals surface area contributed by atoms with Gasteiger partial charge >= 0.3 is 0 Å². The lowest BCUT2D eigenvalue weighted by atomic mass is 10.0. The average Bonchev–Trinajstić information content (AvgIpc) is 3.60. The number of nitrogens with one attached hydrogen (secondary N) is 3. The van der Waals surface area contributed by atoms with Crippen LogP contribution in [0.4, 0.5) is 0 Å². The molecule has 1 aliphatic heterocycles. The average molecular weight is 716 g/mol. The van der Waals surface area contributed by atoms with Crippen LogP contribution in [0.15, 0.2) is 35.3 Å². The van der Waals surface area contributed by atoms with Gasteiger partial charge in [-0.25, -0.2) is 0 Å². The van der Waals surface area contributed by atoms with E-state index >= 15 is 0 Å². The fourth-order valence-corrected chi connectivity index (χ4v) is 5.96. The van der Waals surface area contributed by atoms with E-state index in [0.29, 0.717) is 44.9 Å². The van der Waals surface area contributed by atoms with Crippen molar-refractivity contribution >= 4 is 41.4 Å². The summed E-state index contributed by atoms with van der Waals surface area (Å²) in [6.45, 7) is 2.26. The van der Waals surface area contributed by atoms with E-state index in [4.69, 9.17) is 28.7 Å². The Bertz CT molecular complexity index is 1340. The van der Waals surface area contributed by atoms with Gasteiger partial charge in [-0.15, -0.1) is 0 Å². The smallest absolute Gasteiger partial charge is 0.245 e. The maximum absolute atomic E-state index is 14.0. The Hall–Kier alpha value is -4.77. The largest absolute Gasteiger partial charge is 0.370 e. The van der Waals surface area contributed by atoms with E-state index in [9.17, 15) is 28.8 Å². The molecule has 1 heterocycles. The lowest BCUT2D eigenvalue weighted by molar-refractivity contribution is -0.144. The molecule has 1 aromatic rings. The molecular formula is C34H57N11O6. The highest BCUT2D eigenvalue weighted by Crippen LogP contribution is 2.21. The first-order chi connectivity index (χ1) is 24.3. The summed E-state index contributed by atoms with van der Waals surface area (Å²) in [4.78, 5) is 85.7. The molecule has 284 valence electrons. The lowest BCUT2D eigenvalue weighted by Gasteiger charge is -2.33. The van der Waals surface area contributed by atoms with E-state index < -0.39 is 72.2 Å². The van der Waals surface area contributed by atoms with Crippen LogP contribution in [0.5, 0.6) is 0 Å². The Kier molecular flexibility index (Phi) is 18.4. The minimum atomic E-state index is -1.06. The Balaban J connectivity index is 2.22.